The highest BCUT2D eigenvalue weighted by Crippen LogP contribution is 2.39. The highest BCUT2D eigenvalue weighted by Gasteiger charge is 2.26. The van der Waals surface area contributed by atoms with E-state index in [-0.39, 0.29) is 0 Å². The molecular formula is C16H17BrN2. The van der Waals surface area contributed by atoms with E-state index in [0.717, 1.165) is 16.7 Å². The van der Waals surface area contributed by atoms with E-state index >= 15 is 0 Å². The largest absolute Gasteiger partial charge is 0.322 e. The predicted octanol–water partition coefficient (Wildman–Crippen LogP) is 4.63. The Morgan fingerprint density at radius 1 is 1.26 bits per heavy atom. The number of halogens is 1. The normalized spacial score (nSPS) is 18.3. The van der Waals surface area contributed by atoms with Crippen LogP contribution in [0.15, 0.2) is 41.0 Å². The third-order valence-corrected chi connectivity index (χ3v) is 4.80. The molecule has 2 nitrogen and oxygen atoms in total. The second-order valence-corrected chi connectivity index (χ2v) is 5.94. The van der Waals surface area contributed by atoms with Crippen LogP contribution < -0.4 is 4.90 Å². The fourth-order valence-corrected chi connectivity index (χ4v) is 3.13. The van der Waals surface area contributed by atoms with Gasteiger partial charge in [-0.25, -0.2) is 4.98 Å². The van der Waals surface area contributed by atoms with Gasteiger partial charge in [0.15, 0.2) is 0 Å². The quantitative estimate of drug-likeness (QED) is 0.762. The molecule has 0 N–H and O–H groups in total. The van der Waals surface area contributed by atoms with Gasteiger partial charge in [0.2, 0.25) is 0 Å². The minimum absolute atomic E-state index is 0.473. The van der Waals surface area contributed by atoms with E-state index in [1.807, 2.05) is 12.3 Å². The van der Waals surface area contributed by atoms with Gasteiger partial charge in [-0.15, -0.1) is 0 Å². The fourth-order valence-electron chi connectivity index (χ4n) is 2.70. The van der Waals surface area contributed by atoms with Crippen molar-refractivity contribution in [3.05, 3.63) is 52.1 Å². The van der Waals surface area contributed by atoms with Crippen molar-refractivity contribution in [2.75, 3.05) is 4.90 Å². The van der Waals surface area contributed by atoms with Crippen LogP contribution in [-0.4, -0.2) is 11.0 Å². The van der Waals surface area contributed by atoms with Gasteiger partial charge in [0.1, 0.15) is 5.82 Å². The molecule has 0 aliphatic carbocycles. The summed E-state index contributed by atoms with van der Waals surface area (Å²) in [7, 11) is 0. The first-order valence-electron chi connectivity index (χ1n) is 6.66. The molecule has 1 aliphatic heterocycles. The highest BCUT2D eigenvalue weighted by molar-refractivity contribution is 9.10. The maximum Gasteiger partial charge on any atom is 0.147 e. The molecule has 1 aromatic heterocycles. The Balaban J connectivity index is 2.16. The standard InChI is InChI=1S/C16H17BrN2/c1-11-9-10-18-16(15(11)17)19-12(2)7-8-13-5-3-4-6-14(13)19/h3-6,9-10,12H,7-8H2,1-2H3. The summed E-state index contributed by atoms with van der Waals surface area (Å²) in [6, 6.07) is 11.1. The molecule has 2 aromatic rings. The number of aryl methyl sites for hydroxylation is 2. The van der Waals surface area contributed by atoms with Gasteiger partial charge in [-0.3, -0.25) is 0 Å². The summed E-state index contributed by atoms with van der Waals surface area (Å²) in [5, 5.41) is 0. The molecule has 0 radical (unpaired) electrons. The molecule has 2 heterocycles. The highest BCUT2D eigenvalue weighted by atomic mass is 79.9. The van der Waals surface area contributed by atoms with Crippen LogP contribution in [0.4, 0.5) is 11.5 Å². The number of rotatable bonds is 1. The summed E-state index contributed by atoms with van der Waals surface area (Å²) in [6.07, 6.45) is 4.20. The van der Waals surface area contributed by atoms with Crippen molar-refractivity contribution in [3.8, 4) is 0 Å². The lowest BCUT2D eigenvalue weighted by molar-refractivity contribution is 0.612. The number of nitrogens with zero attached hydrogens (tertiary/aromatic N) is 2. The first-order valence-corrected chi connectivity index (χ1v) is 7.46. The second kappa shape index (κ2) is 4.97. The SMILES string of the molecule is Cc1ccnc(N2c3ccccc3CCC2C)c1Br. The first kappa shape index (κ1) is 12.7. The van der Waals surface area contributed by atoms with Crippen LogP contribution in [0.1, 0.15) is 24.5 Å². The predicted molar refractivity (Wildman–Crippen MR) is 83.0 cm³/mol. The van der Waals surface area contributed by atoms with E-state index in [4.69, 9.17) is 0 Å². The Kier molecular flexibility index (Phi) is 3.31. The van der Waals surface area contributed by atoms with Gasteiger partial charge in [-0.2, -0.15) is 0 Å². The van der Waals surface area contributed by atoms with Crippen molar-refractivity contribution in [3.63, 3.8) is 0 Å². The first-order chi connectivity index (χ1) is 9.18. The van der Waals surface area contributed by atoms with Crippen LogP contribution in [0.5, 0.6) is 0 Å². The lowest BCUT2D eigenvalue weighted by Gasteiger charge is -2.36. The zero-order valence-electron chi connectivity index (χ0n) is 11.2. The van der Waals surface area contributed by atoms with E-state index in [1.165, 1.54) is 23.2 Å². The van der Waals surface area contributed by atoms with Gasteiger partial charge < -0.3 is 4.90 Å². The molecule has 0 saturated carbocycles. The lowest BCUT2D eigenvalue weighted by atomic mass is 9.96. The maximum atomic E-state index is 4.59. The summed E-state index contributed by atoms with van der Waals surface area (Å²) in [5.41, 5.74) is 3.93. The maximum absolute atomic E-state index is 4.59. The zero-order valence-corrected chi connectivity index (χ0v) is 12.8. The van der Waals surface area contributed by atoms with E-state index in [0.29, 0.717) is 6.04 Å². The molecule has 0 bridgehead atoms. The van der Waals surface area contributed by atoms with Gasteiger partial charge in [-0.1, -0.05) is 18.2 Å². The van der Waals surface area contributed by atoms with Gasteiger partial charge >= 0.3 is 0 Å². The average molecular weight is 317 g/mol. The van der Waals surface area contributed by atoms with Crippen molar-refractivity contribution < 1.29 is 0 Å². The molecule has 0 fully saturated rings. The summed E-state index contributed by atoms with van der Waals surface area (Å²) in [6.45, 7) is 4.38. The molecular weight excluding hydrogens is 300 g/mol. The van der Waals surface area contributed by atoms with Gasteiger partial charge in [0.05, 0.1) is 4.47 Å². The van der Waals surface area contributed by atoms with E-state index < -0.39 is 0 Å². The number of pyridine rings is 1. The lowest BCUT2D eigenvalue weighted by Crippen LogP contribution is -2.34. The summed E-state index contributed by atoms with van der Waals surface area (Å²) >= 11 is 3.69. The Morgan fingerprint density at radius 3 is 2.89 bits per heavy atom. The molecule has 1 aromatic carbocycles. The van der Waals surface area contributed by atoms with Gasteiger partial charge in [0.25, 0.3) is 0 Å². The third kappa shape index (κ3) is 2.16. The minimum atomic E-state index is 0.473. The number of para-hydroxylation sites is 1. The van der Waals surface area contributed by atoms with E-state index in [2.05, 4.69) is 63.9 Å². The molecule has 1 atom stereocenters. The van der Waals surface area contributed by atoms with Gasteiger partial charge in [0, 0.05) is 17.9 Å². The number of hydrogen-bond donors (Lipinski definition) is 0. The van der Waals surface area contributed by atoms with Crippen molar-refractivity contribution in [2.24, 2.45) is 0 Å². The Morgan fingerprint density at radius 2 is 2.05 bits per heavy atom. The molecule has 98 valence electrons. The number of anilines is 2. The summed E-state index contributed by atoms with van der Waals surface area (Å²) < 4.78 is 1.10. The number of aromatic nitrogens is 1. The smallest absolute Gasteiger partial charge is 0.147 e. The molecule has 3 rings (SSSR count). The van der Waals surface area contributed by atoms with Crippen LogP contribution in [0, 0.1) is 6.92 Å². The second-order valence-electron chi connectivity index (χ2n) is 5.15. The number of benzene rings is 1. The molecule has 0 amide bonds. The van der Waals surface area contributed by atoms with Crippen molar-refractivity contribution >= 4 is 27.4 Å². The molecule has 0 spiro atoms. The van der Waals surface area contributed by atoms with Crippen LogP contribution in [0.25, 0.3) is 0 Å². The molecule has 19 heavy (non-hydrogen) atoms. The molecule has 1 aliphatic rings. The monoisotopic (exact) mass is 316 g/mol. The third-order valence-electron chi connectivity index (χ3n) is 3.82. The minimum Gasteiger partial charge on any atom is -0.322 e. The van der Waals surface area contributed by atoms with Crippen molar-refractivity contribution in [1.82, 2.24) is 4.98 Å². The van der Waals surface area contributed by atoms with E-state index in [9.17, 15) is 0 Å². The van der Waals surface area contributed by atoms with Crippen LogP contribution in [-0.2, 0) is 6.42 Å². The molecule has 0 saturated heterocycles. The van der Waals surface area contributed by atoms with Crippen LogP contribution in [0.2, 0.25) is 0 Å². The van der Waals surface area contributed by atoms with Crippen molar-refractivity contribution in [2.45, 2.75) is 32.7 Å². The van der Waals surface area contributed by atoms with Crippen molar-refractivity contribution in [1.29, 1.82) is 0 Å². The zero-order chi connectivity index (χ0) is 13.4. The Bertz CT molecular complexity index is 609. The van der Waals surface area contributed by atoms with E-state index in [1.54, 1.807) is 0 Å². The van der Waals surface area contributed by atoms with Crippen LogP contribution >= 0.6 is 15.9 Å². The Hall–Kier alpha value is -1.35. The Labute approximate surface area is 122 Å². The molecule has 1 unspecified atom stereocenters. The number of fused-ring (bicyclic) bond motifs is 1. The summed E-state index contributed by atoms with van der Waals surface area (Å²) in [4.78, 5) is 6.95. The number of hydrogen-bond acceptors (Lipinski definition) is 2. The summed E-state index contributed by atoms with van der Waals surface area (Å²) in [5.74, 6) is 1.03. The van der Waals surface area contributed by atoms with Gasteiger partial charge in [-0.05, 0) is 65.9 Å². The van der Waals surface area contributed by atoms with Crippen LogP contribution in [0.3, 0.4) is 0 Å². The average Bonchev–Trinajstić information content (AvgIpc) is 2.43. The molecule has 3 heteroatoms. The fraction of sp³-hybridized carbons (Fsp3) is 0.312. The topological polar surface area (TPSA) is 16.1 Å².